The van der Waals surface area contributed by atoms with Crippen LogP contribution >= 0.6 is 0 Å². The van der Waals surface area contributed by atoms with Crippen molar-refractivity contribution in [1.29, 1.82) is 5.26 Å². The Bertz CT molecular complexity index is 356. The van der Waals surface area contributed by atoms with Crippen LogP contribution in [0.2, 0.25) is 0 Å². The quantitative estimate of drug-likeness (QED) is 0.671. The molecule has 0 bridgehead atoms. The first-order valence-electron chi connectivity index (χ1n) is 4.77. The zero-order chi connectivity index (χ0) is 9.26. The maximum Gasteiger partial charge on any atom is 0.0669 e. The Balaban J connectivity index is 2.27. The predicted molar refractivity (Wildman–Crippen MR) is 52.5 cm³/mol. The lowest BCUT2D eigenvalue weighted by molar-refractivity contribution is 1.09. The summed E-state index contributed by atoms with van der Waals surface area (Å²) >= 11 is 0. The van der Waals surface area contributed by atoms with Crippen molar-refractivity contribution in [2.75, 3.05) is 0 Å². The maximum absolute atomic E-state index is 8.55. The van der Waals surface area contributed by atoms with E-state index in [1.54, 1.807) is 0 Å². The van der Waals surface area contributed by atoms with Gasteiger partial charge in [0.15, 0.2) is 0 Å². The van der Waals surface area contributed by atoms with Crippen molar-refractivity contribution >= 4 is 0 Å². The molecule has 2 rings (SSSR count). The third-order valence-corrected chi connectivity index (χ3v) is 2.63. The van der Waals surface area contributed by atoms with Crippen molar-refractivity contribution in [1.82, 2.24) is 0 Å². The summed E-state index contributed by atoms with van der Waals surface area (Å²) in [5.41, 5.74) is 3.99. The summed E-state index contributed by atoms with van der Waals surface area (Å²) in [6, 6.07) is 8.61. The van der Waals surface area contributed by atoms with E-state index in [4.69, 9.17) is 5.26 Å². The average Bonchev–Trinajstić information content (AvgIpc) is 2.88. The second kappa shape index (κ2) is 3.22. The van der Waals surface area contributed by atoms with Crippen LogP contribution in [0, 0.1) is 18.3 Å². The minimum absolute atomic E-state index is 0.534. The molecule has 0 heterocycles. The summed E-state index contributed by atoms with van der Waals surface area (Å²) in [4.78, 5) is 0. The molecular weight excluding hydrogens is 158 g/mol. The van der Waals surface area contributed by atoms with Crippen molar-refractivity contribution in [3.8, 4) is 6.07 Å². The van der Waals surface area contributed by atoms with Crippen LogP contribution in [-0.2, 0) is 6.42 Å². The van der Waals surface area contributed by atoms with E-state index in [9.17, 15) is 0 Å². The summed E-state index contributed by atoms with van der Waals surface area (Å²) in [6.07, 6.45) is 3.22. The number of nitriles is 1. The summed E-state index contributed by atoms with van der Waals surface area (Å²) < 4.78 is 0. The molecule has 0 saturated heterocycles. The van der Waals surface area contributed by atoms with E-state index in [0.717, 1.165) is 11.5 Å². The summed E-state index contributed by atoms with van der Waals surface area (Å²) in [7, 11) is 0. The number of hydrogen-bond acceptors (Lipinski definition) is 1. The number of benzene rings is 1. The molecule has 0 unspecified atom stereocenters. The van der Waals surface area contributed by atoms with Gasteiger partial charge in [-0.15, -0.1) is 0 Å². The van der Waals surface area contributed by atoms with Gasteiger partial charge in [0, 0.05) is 0 Å². The number of rotatable bonds is 2. The zero-order valence-electron chi connectivity index (χ0n) is 7.88. The topological polar surface area (TPSA) is 23.8 Å². The van der Waals surface area contributed by atoms with E-state index in [1.807, 2.05) is 0 Å². The number of nitrogens with zero attached hydrogens (tertiary/aromatic N) is 1. The maximum atomic E-state index is 8.55. The van der Waals surface area contributed by atoms with E-state index in [0.29, 0.717) is 6.42 Å². The van der Waals surface area contributed by atoms with Crippen molar-refractivity contribution < 1.29 is 0 Å². The van der Waals surface area contributed by atoms with Crippen LogP contribution in [0.25, 0.3) is 0 Å². The highest BCUT2D eigenvalue weighted by atomic mass is 14.3. The molecule has 66 valence electrons. The van der Waals surface area contributed by atoms with Crippen molar-refractivity contribution in [3.63, 3.8) is 0 Å². The molecular formula is C12H13N. The number of hydrogen-bond donors (Lipinski definition) is 0. The Morgan fingerprint density at radius 3 is 2.77 bits per heavy atom. The molecule has 1 aliphatic rings. The normalized spacial score (nSPS) is 15.4. The molecule has 0 aromatic heterocycles. The van der Waals surface area contributed by atoms with E-state index < -0.39 is 0 Å². The smallest absolute Gasteiger partial charge is 0.0669 e. The second-order valence-corrected chi connectivity index (χ2v) is 3.80. The largest absolute Gasteiger partial charge is 0.198 e. The second-order valence-electron chi connectivity index (χ2n) is 3.80. The fourth-order valence-electron chi connectivity index (χ4n) is 1.79. The monoisotopic (exact) mass is 171 g/mol. The Labute approximate surface area is 79.0 Å². The standard InChI is InChI=1S/C12H13N/c1-9-8-10(6-7-13)2-5-12(9)11-3-4-11/h2,5,8,11H,3-4,6H2,1H3. The highest BCUT2D eigenvalue weighted by molar-refractivity contribution is 5.36. The lowest BCUT2D eigenvalue weighted by atomic mass is 10.0. The molecule has 1 fully saturated rings. The van der Waals surface area contributed by atoms with E-state index >= 15 is 0 Å². The van der Waals surface area contributed by atoms with Crippen molar-refractivity contribution in [2.24, 2.45) is 0 Å². The first-order valence-corrected chi connectivity index (χ1v) is 4.77. The van der Waals surface area contributed by atoms with Crippen LogP contribution in [-0.4, -0.2) is 0 Å². The highest BCUT2D eigenvalue weighted by Gasteiger charge is 2.24. The van der Waals surface area contributed by atoms with Gasteiger partial charge in [-0.2, -0.15) is 5.26 Å². The van der Waals surface area contributed by atoms with Crippen LogP contribution in [0.3, 0.4) is 0 Å². The molecule has 0 N–H and O–H groups in total. The first kappa shape index (κ1) is 8.31. The van der Waals surface area contributed by atoms with Crippen LogP contribution < -0.4 is 0 Å². The van der Waals surface area contributed by atoms with E-state index in [2.05, 4.69) is 31.2 Å². The summed E-state index contributed by atoms with van der Waals surface area (Å²) in [5, 5.41) is 8.55. The van der Waals surface area contributed by atoms with Gasteiger partial charge < -0.3 is 0 Å². The van der Waals surface area contributed by atoms with Crippen molar-refractivity contribution in [3.05, 3.63) is 34.9 Å². The van der Waals surface area contributed by atoms with Gasteiger partial charge >= 0.3 is 0 Å². The Morgan fingerprint density at radius 2 is 2.23 bits per heavy atom. The van der Waals surface area contributed by atoms with Gasteiger partial charge in [-0.3, -0.25) is 0 Å². The van der Waals surface area contributed by atoms with Gasteiger partial charge in [-0.25, -0.2) is 0 Å². The molecule has 1 saturated carbocycles. The fourth-order valence-corrected chi connectivity index (χ4v) is 1.79. The Kier molecular flexibility index (Phi) is 2.06. The van der Waals surface area contributed by atoms with Gasteiger partial charge in [0.05, 0.1) is 12.5 Å². The molecule has 0 amide bonds. The van der Waals surface area contributed by atoms with Gasteiger partial charge in [-0.1, -0.05) is 18.2 Å². The molecule has 0 radical (unpaired) electrons. The lowest BCUT2D eigenvalue weighted by Gasteiger charge is -2.04. The summed E-state index contributed by atoms with van der Waals surface area (Å²) in [5.74, 6) is 0.816. The third kappa shape index (κ3) is 1.72. The first-order chi connectivity index (χ1) is 6.31. The van der Waals surface area contributed by atoms with Gasteiger partial charge in [-0.05, 0) is 42.4 Å². The van der Waals surface area contributed by atoms with Gasteiger partial charge in [0.1, 0.15) is 0 Å². The SMILES string of the molecule is Cc1cc(CC#N)ccc1C1CC1. The van der Waals surface area contributed by atoms with Gasteiger partial charge in [0.2, 0.25) is 0 Å². The van der Waals surface area contributed by atoms with Crippen LogP contribution in [0.1, 0.15) is 35.4 Å². The minimum Gasteiger partial charge on any atom is -0.198 e. The summed E-state index contributed by atoms with van der Waals surface area (Å²) in [6.45, 7) is 2.15. The molecule has 0 spiro atoms. The molecule has 0 atom stereocenters. The van der Waals surface area contributed by atoms with Crippen LogP contribution in [0.5, 0.6) is 0 Å². The molecule has 0 aliphatic heterocycles. The predicted octanol–water partition coefficient (Wildman–Crippen LogP) is 2.94. The minimum atomic E-state index is 0.534. The van der Waals surface area contributed by atoms with Crippen molar-refractivity contribution in [2.45, 2.75) is 32.1 Å². The fraction of sp³-hybridized carbons (Fsp3) is 0.417. The zero-order valence-corrected chi connectivity index (χ0v) is 7.88. The Morgan fingerprint density at radius 1 is 1.46 bits per heavy atom. The third-order valence-electron chi connectivity index (χ3n) is 2.63. The number of aryl methyl sites for hydroxylation is 1. The lowest BCUT2D eigenvalue weighted by Crippen LogP contribution is -1.89. The average molecular weight is 171 g/mol. The van der Waals surface area contributed by atoms with Crippen LogP contribution in [0.15, 0.2) is 18.2 Å². The van der Waals surface area contributed by atoms with Crippen LogP contribution in [0.4, 0.5) is 0 Å². The highest BCUT2D eigenvalue weighted by Crippen LogP contribution is 2.41. The molecule has 1 aromatic carbocycles. The molecule has 1 aromatic rings. The molecule has 1 aliphatic carbocycles. The van der Waals surface area contributed by atoms with Gasteiger partial charge in [0.25, 0.3) is 0 Å². The molecule has 1 nitrogen and oxygen atoms in total. The molecule has 1 heteroatoms. The van der Waals surface area contributed by atoms with E-state index in [-0.39, 0.29) is 0 Å². The van der Waals surface area contributed by atoms with E-state index in [1.165, 1.54) is 24.0 Å². The Hall–Kier alpha value is -1.29. The molecule has 13 heavy (non-hydrogen) atoms.